The van der Waals surface area contributed by atoms with Crippen molar-refractivity contribution in [2.45, 2.75) is 19.3 Å². The zero-order valence-corrected chi connectivity index (χ0v) is 12.2. The smallest absolute Gasteiger partial charge is 0.383 e. The lowest BCUT2D eigenvalue weighted by molar-refractivity contribution is -0.163. The van der Waals surface area contributed by atoms with Gasteiger partial charge in [0, 0.05) is 4.47 Å². The van der Waals surface area contributed by atoms with Crippen molar-refractivity contribution in [3.63, 3.8) is 0 Å². The molecule has 0 bridgehead atoms. The van der Waals surface area contributed by atoms with E-state index in [0.717, 1.165) is 6.07 Å². The van der Waals surface area contributed by atoms with Gasteiger partial charge in [0.25, 0.3) is 0 Å². The van der Waals surface area contributed by atoms with Crippen molar-refractivity contribution in [1.29, 1.82) is 0 Å². The summed E-state index contributed by atoms with van der Waals surface area (Å²) in [6.07, 6.45) is -4.12. The minimum Gasteiger partial charge on any atom is -0.462 e. The van der Waals surface area contributed by atoms with Gasteiger partial charge in [0.15, 0.2) is 0 Å². The van der Waals surface area contributed by atoms with Crippen LogP contribution in [0.4, 0.5) is 23.2 Å². The number of hydrogen-bond acceptors (Lipinski definition) is 3. The van der Waals surface area contributed by atoms with Crippen LogP contribution in [0.2, 0.25) is 0 Å². The van der Waals surface area contributed by atoms with Crippen LogP contribution in [0.5, 0.6) is 0 Å². The number of esters is 1. The topological polar surface area (TPSA) is 55.4 Å². The Morgan fingerprint density at radius 1 is 1.38 bits per heavy atom. The van der Waals surface area contributed by atoms with Crippen molar-refractivity contribution >= 4 is 33.5 Å². The maximum atomic E-state index is 12.8. The number of benzene rings is 1. The minimum absolute atomic E-state index is 0.0754. The Morgan fingerprint density at radius 3 is 2.48 bits per heavy atom. The third-order valence-corrected chi connectivity index (χ3v) is 2.96. The van der Waals surface area contributed by atoms with Crippen molar-refractivity contribution in [3.8, 4) is 0 Å². The van der Waals surface area contributed by atoms with E-state index in [2.05, 4.69) is 15.9 Å². The molecule has 21 heavy (non-hydrogen) atoms. The Morgan fingerprint density at radius 2 is 2.00 bits per heavy atom. The fourth-order valence-corrected chi connectivity index (χ4v) is 1.74. The molecule has 0 spiro atoms. The highest BCUT2D eigenvalue weighted by Gasteiger charge is 2.49. The second kappa shape index (κ2) is 6.88. The van der Waals surface area contributed by atoms with Crippen LogP contribution in [0.15, 0.2) is 22.7 Å². The lowest BCUT2D eigenvalue weighted by atomic mass is 10.2. The summed E-state index contributed by atoms with van der Waals surface area (Å²) in [4.78, 5) is 22.5. The lowest BCUT2D eigenvalue weighted by Gasteiger charge is -2.15. The highest BCUT2D eigenvalue weighted by molar-refractivity contribution is 9.10. The van der Waals surface area contributed by atoms with Gasteiger partial charge >= 0.3 is 24.2 Å². The van der Waals surface area contributed by atoms with Crippen LogP contribution < -0.4 is 5.32 Å². The van der Waals surface area contributed by atoms with E-state index >= 15 is 0 Å². The van der Waals surface area contributed by atoms with E-state index in [-0.39, 0.29) is 22.3 Å². The molecule has 9 heteroatoms. The molecule has 0 fully saturated rings. The number of anilines is 1. The predicted octanol–water partition coefficient (Wildman–Crippen LogP) is 3.46. The van der Waals surface area contributed by atoms with Crippen molar-refractivity contribution < 1.29 is 31.9 Å². The zero-order chi connectivity index (χ0) is 16.2. The van der Waals surface area contributed by atoms with Gasteiger partial charge in [-0.2, -0.15) is 8.78 Å². The monoisotopic (exact) mass is 371 g/mol. The van der Waals surface area contributed by atoms with Crippen LogP contribution >= 0.6 is 15.9 Å². The first kappa shape index (κ1) is 17.4. The standard InChI is InChI=1S/C12H10BrF4NO3/c1-2-21-9(19)6-3-4-8(7(13)5-6)18-11(20)12(16,17)10(14)15/h3-5,10H,2H2,1H3,(H,18,20). The molecule has 0 saturated heterocycles. The average Bonchev–Trinajstić information content (AvgIpc) is 2.40. The van der Waals surface area contributed by atoms with Gasteiger partial charge in [0.05, 0.1) is 17.9 Å². The second-order valence-corrected chi connectivity index (χ2v) is 4.65. The van der Waals surface area contributed by atoms with E-state index in [1.54, 1.807) is 12.2 Å². The summed E-state index contributed by atoms with van der Waals surface area (Å²) >= 11 is 2.94. The zero-order valence-electron chi connectivity index (χ0n) is 10.6. The number of amides is 1. The number of carbonyl (C=O) groups excluding carboxylic acids is 2. The van der Waals surface area contributed by atoms with Gasteiger partial charge in [-0.1, -0.05) is 0 Å². The number of carbonyl (C=O) groups is 2. The molecule has 116 valence electrons. The molecule has 0 saturated carbocycles. The first-order valence-corrected chi connectivity index (χ1v) is 6.43. The van der Waals surface area contributed by atoms with E-state index < -0.39 is 24.2 Å². The third-order valence-electron chi connectivity index (χ3n) is 2.31. The molecule has 0 heterocycles. The Kier molecular flexibility index (Phi) is 5.70. The molecule has 1 aromatic carbocycles. The largest absolute Gasteiger partial charge is 0.462 e. The molecule has 0 atom stereocenters. The van der Waals surface area contributed by atoms with E-state index in [1.807, 2.05) is 0 Å². The summed E-state index contributed by atoms with van der Waals surface area (Å²) in [7, 11) is 0. The lowest BCUT2D eigenvalue weighted by Crippen LogP contribution is -2.41. The molecule has 0 aliphatic rings. The van der Waals surface area contributed by atoms with E-state index in [1.165, 1.54) is 12.1 Å². The number of halogens is 5. The summed E-state index contributed by atoms with van der Waals surface area (Å²) in [5.41, 5.74) is -0.0595. The SMILES string of the molecule is CCOC(=O)c1ccc(NC(=O)C(F)(F)C(F)F)c(Br)c1. The van der Waals surface area contributed by atoms with Crippen LogP contribution in [-0.2, 0) is 9.53 Å². The molecule has 0 unspecified atom stereocenters. The molecular formula is C12H10BrF4NO3. The predicted molar refractivity (Wildman–Crippen MR) is 69.7 cm³/mol. The normalized spacial score (nSPS) is 11.4. The Bertz CT molecular complexity index is 551. The number of hydrogen-bond donors (Lipinski definition) is 1. The third kappa shape index (κ3) is 4.16. The van der Waals surface area contributed by atoms with E-state index in [9.17, 15) is 27.2 Å². The summed E-state index contributed by atoms with van der Waals surface area (Å²) in [5.74, 6) is -7.59. The summed E-state index contributed by atoms with van der Waals surface area (Å²) < 4.78 is 54.5. The van der Waals surface area contributed by atoms with Gasteiger partial charge in [-0.3, -0.25) is 4.79 Å². The molecule has 1 aromatic rings. The van der Waals surface area contributed by atoms with Gasteiger partial charge in [-0.15, -0.1) is 0 Å². The van der Waals surface area contributed by atoms with Crippen LogP contribution in [0, 0.1) is 0 Å². The Labute approximate surface area is 125 Å². The van der Waals surface area contributed by atoms with Crippen molar-refractivity contribution in [1.82, 2.24) is 0 Å². The molecular weight excluding hydrogens is 362 g/mol. The van der Waals surface area contributed by atoms with Crippen molar-refractivity contribution in [2.75, 3.05) is 11.9 Å². The fraction of sp³-hybridized carbons (Fsp3) is 0.333. The fourth-order valence-electron chi connectivity index (χ4n) is 1.26. The summed E-state index contributed by atoms with van der Waals surface area (Å²) in [6.45, 7) is 1.75. The van der Waals surface area contributed by atoms with Gasteiger partial charge in [-0.05, 0) is 41.1 Å². The van der Waals surface area contributed by atoms with Crippen LogP contribution in [0.25, 0.3) is 0 Å². The van der Waals surface area contributed by atoms with E-state index in [0.29, 0.717) is 0 Å². The second-order valence-electron chi connectivity index (χ2n) is 3.79. The van der Waals surface area contributed by atoms with Gasteiger partial charge in [0.1, 0.15) is 0 Å². The van der Waals surface area contributed by atoms with Gasteiger partial charge < -0.3 is 10.1 Å². The molecule has 0 aliphatic heterocycles. The highest BCUT2D eigenvalue weighted by atomic mass is 79.9. The first-order chi connectivity index (χ1) is 9.70. The maximum absolute atomic E-state index is 12.8. The van der Waals surface area contributed by atoms with E-state index in [4.69, 9.17) is 4.74 Å². The molecule has 0 aromatic heterocycles. The first-order valence-electron chi connectivity index (χ1n) is 5.64. The molecule has 0 radical (unpaired) electrons. The average molecular weight is 372 g/mol. The number of alkyl halides is 4. The Hall–Kier alpha value is -1.64. The van der Waals surface area contributed by atoms with Crippen molar-refractivity contribution in [3.05, 3.63) is 28.2 Å². The van der Waals surface area contributed by atoms with Gasteiger partial charge in [-0.25, -0.2) is 13.6 Å². The maximum Gasteiger partial charge on any atom is 0.383 e. The summed E-state index contributed by atoms with van der Waals surface area (Å²) in [5, 5.41) is 1.66. The highest BCUT2D eigenvalue weighted by Crippen LogP contribution is 2.28. The molecule has 0 aliphatic carbocycles. The van der Waals surface area contributed by atoms with Crippen LogP contribution in [-0.4, -0.2) is 30.8 Å². The number of nitrogens with one attached hydrogen (secondary N) is 1. The molecule has 4 nitrogen and oxygen atoms in total. The number of rotatable bonds is 5. The quantitative estimate of drug-likeness (QED) is 0.636. The molecule has 1 N–H and O–H groups in total. The molecule has 1 rings (SSSR count). The number of ether oxygens (including phenoxy) is 1. The van der Waals surface area contributed by atoms with Crippen LogP contribution in [0.1, 0.15) is 17.3 Å². The Balaban J connectivity index is 2.92. The summed E-state index contributed by atoms with van der Waals surface area (Å²) in [6, 6.07) is 3.54. The van der Waals surface area contributed by atoms with Crippen LogP contribution in [0.3, 0.4) is 0 Å². The minimum atomic E-state index is -4.81. The van der Waals surface area contributed by atoms with Crippen molar-refractivity contribution in [2.24, 2.45) is 0 Å². The van der Waals surface area contributed by atoms with Gasteiger partial charge in [0.2, 0.25) is 0 Å². The molecule has 1 amide bonds.